The molecule has 2 aromatic carbocycles. The summed E-state index contributed by atoms with van der Waals surface area (Å²) >= 11 is 6.38. The Morgan fingerprint density at radius 1 is 1.16 bits per heavy atom. The Kier molecular flexibility index (Phi) is 8.92. The summed E-state index contributed by atoms with van der Waals surface area (Å²) in [6.07, 6.45) is 5.18. The molecule has 3 aromatic rings. The van der Waals surface area contributed by atoms with E-state index in [2.05, 4.69) is 34.1 Å². The Morgan fingerprint density at radius 2 is 1.92 bits per heavy atom. The number of amides is 2. The van der Waals surface area contributed by atoms with Crippen molar-refractivity contribution >= 4 is 39.9 Å². The highest BCUT2D eigenvalue weighted by atomic mass is 35.5. The van der Waals surface area contributed by atoms with Crippen molar-refractivity contribution in [1.29, 1.82) is 0 Å². The van der Waals surface area contributed by atoms with Gasteiger partial charge in [-0.1, -0.05) is 42.4 Å². The van der Waals surface area contributed by atoms with Gasteiger partial charge in [-0.3, -0.25) is 9.59 Å². The van der Waals surface area contributed by atoms with Crippen LogP contribution in [0.5, 0.6) is 0 Å². The van der Waals surface area contributed by atoms with Gasteiger partial charge in [0.1, 0.15) is 5.69 Å². The molecule has 37 heavy (non-hydrogen) atoms. The van der Waals surface area contributed by atoms with Crippen molar-refractivity contribution in [2.24, 2.45) is 0 Å². The lowest BCUT2D eigenvalue weighted by Gasteiger charge is -2.34. The molecule has 0 bridgehead atoms. The first-order chi connectivity index (χ1) is 17.9. The molecule has 0 saturated heterocycles. The van der Waals surface area contributed by atoms with E-state index in [0.29, 0.717) is 28.1 Å². The highest BCUT2D eigenvalue weighted by molar-refractivity contribution is 6.35. The van der Waals surface area contributed by atoms with Gasteiger partial charge in [0.05, 0.1) is 23.0 Å². The second kappa shape index (κ2) is 12.3. The van der Waals surface area contributed by atoms with Crippen LogP contribution in [-0.4, -0.2) is 61.1 Å². The second-order valence-electron chi connectivity index (χ2n) is 9.41. The van der Waals surface area contributed by atoms with Gasteiger partial charge in [-0.05, 0) is 68.5 Å². The van der Waals surface area contributed by atoms with Crippen LogP contribution in [-0.2, 0) is 9.53 Å². The second-order valence-corrected chi connectivity index (χ2v) is 9.82. The predicted molar refractivity (Wildman–Crippen MR) is 149 cm³/mol. The lowest BCUT2D eigenvalue weighted by Crippen LogP contribution is -2.43. The molecule has 0 spiro atoms. The van der Waals surface area contributed by atoms with Gasteiger partial charge in [-0.25, -0.2) is 4.98 Å². The molecular weight excluding hydrogens is 488 g/mol. The smallest absolute Gasteiger partial charge is 0.270 e. The molecule has 0 atom stereocenters. The molecule has 0 aliphatic heterocycles. The molecule has 1 aliphatic rings. The minimum atomic E-state index is -0.341. The Bertz CT molecular complexity index is 1290. The molecule has 1 aliphatic carbocycles. The molecule has 2 amide bonds. The van der Waals surface area contributed by atoms with Crippen LogP contribution in [0.2, 0.25) is 5.02 Å². The Labute approximate surface area is 222 Å². The van der Waals surface area contributed by atoms with E-state index < -0.39 is 0 Å². The lowest BCUT2D eigenvalue weighted by molar-refractivity contribution is -0.111. The number of hydrogen-bond donors (Lipinski definition) is 2. The van der Waals surface area contributed by atoms with Gasteiger partial charge in [0.25, 0.3) is 5.91 Å². The number of nitrogens with zero attached hydrogens (tertiary/aromatic N) is 2. The number of ether oxygens (including phenoxy) is 1. The fraction of sp³-hybridized carbons (Fsp3) is 0.345. The molecular formula is C29H33ClN4O3. The zero-order chi connectivity index (χ0) is 26.4. The molecule has 1 saturated carbocycles. The highest BCUT2D eigenvalue weighted by Gasteiger charge is 2.25. The maximum atomic E-state index is 13.0. The number of hydrogen-bond acceptors (Lipinski definition) is 5. The van der Waals surface area contributed by atoms with E-state index in [-0.39, 0.29) is 17.9 Å². The maximum absolute atomic E-state index is 13.0. The monoisotopic (exact) mass is 520 g/mol. The van der Waals surface area contributed by atoms with Crippen LogP contribution in [0.1, 0.15) is 36.2 Å². The third-order valence-electron chi connectivity index (χ3n) is 6.99. The summed E-state index contributed by atoms with van der Waals surface area (Å²) in [6, 6.07) is 15.6. The number of methoxy groups -OCH3 is 1. The summed E-state index contributed by atoms with van der Waals surface area (Å²) in [5.41, 5.74) is 2.38. The van der Waals surface area contributed by atoms with Crippen LogP contribution in [0, 0.1) is 0 Å². The summed E-state index contributed by atoms with van der Waals surface area (Å²) in [5.74, 6) is -0.506. The average molecular weight is 521 g/mol. The number of benzene rings is 2. The largest absolute Gasteiger partial charge is 0.383 e. The molecule has 2 N–H and O–H groups in total. The number of halogens is 1. The lowest BCUT2D eigenvalue weighted by atomic mass is 9.90. The number of likely N-dealkylation sites (N-methyl/N-ethyl adjacent to an activating group) is 1. The van der Waals surface area contributed by atoms with E-state index in [9.17, 15) is 9.59 Å². The first-order valence-corrected chi connectivity index (χ1v) is 12.9. The number of anilines is 1. The number of nitrogens with one attached hydrogen (secondary N) is 2. The quantitative estimate of drug-likeness (QED) is 0.374. The van der Waals surface area contributed by atoms with Crippen molar-refractivity contribution in [3.05, 3.63) is 71.9 Å². The van der Waals surface area contributed by atoms with E-state index in [0.717, 1.165) is 55.2 Å². The standard InChI is InChI=1S/C29H33ClN4O3/c1-4-27(35)33-28-23-18-20(9-8-19(23)10-15-24(28)30)25-6-5-7-26(32-25)29(36)31-21-11-13-22(14-12-21)34(2)16-17-37-3/h4-10,15,18,21-22H,1,11-14,16-17H2,2-3H3,(H,31,36)(H,33,35)/t21-,22+. The minimum Gasteiger partial charge on any atom is -0.383 e. The van der Waals surface area contributed by atoms with Crippen molar-refractivity contribution in [2.75, 3.05) is 32.6 Å². The molecule has 0 unspecified atom stereocenters. The van der Waals surface area contributed by atoms with Crippen LogP contribution in [0.4, 0.5) is 5.69 Å². The fourth-order valence-corrected chi connectivity index (χ4v) is 5.03. The van der Waals surface area contributed by atoms with E-state index in [1.54, 1.807) is 19.2 Å². The van der Waals surface area contributed by atoms with Gasteiger partial charge in [0.2, 0.25) is 5.91 Å². The number of aromatic nitrogens is 1. The summed E-state index contributed by atoms with van der Waals surface area (Å²) in [5, 5.41) is 8.10. The average Bonchev–Trinajstić information content (AvgIpc) is 2.93. The van der Waals surface area contributed by atoms with E-state index >= 15 is 0 Å². The summed E-state index contributed by atoms with van der Waals surface area (Å²) in [6.45, 7) is 5.15. The maximum Gasteiger partial charge on any atom is 0.270 e. The van der Waals surface area contributed by atoms with Gasteiger partial charge in [0.15, 0.2) is 0 Å². The zero-order valence-electron chi connectivity index (χ0n) is 21.3. The Hall–Kier alpha value is -3.26. The third-order valence-corrected chi connectivity index (χ3v) is 7.30. The van der Waals surface area contributed by atoms with Gasteiger partial charge in [0, 0.05) is 36.7 Å². The number of carbonyl (C=O) groups excluding carboxylic acids is 2. The molecule has 1 heterocycles. The first kappa shape index (κ1) is 26.8. The molecule has 1 fully saturated rings. The van der Waals surface area contributed by atoms with Crippen molar-refractivity contribution in [3.63, 3.8) is 0 Å². The van der Waals surface area contributed by atoms with Crippen molar-refractivity contribution < 1.29 is 14.3 Å². The van der Waals surface area contributed by atoms with Crippen molar-refractivity contribution in [3.8, 4) is 11.3 Å². The summed E-state index contributed by atoms with van der Waals surface area (Å²) in [4.78, 5) is 32.0. The van der Waals surface area contributed by atoms with Crippen molar-refractivity contribution in [1.82, 2.24) is 15.2 Å². The Morgan fingerprint density at radius 3 is 2.65 bits per heavy atom. The minimum absolute atomic E-state index is 0.142. The molecule has 194 valence electrons. The summed E-state index contributed by atoms with van der Waals surface area (Å²) in [7, 11) is 3.86. The van der Waals surface area contributed by atoms with Gasteiger partial charge >= 0.3 is 0 Å². The number of fused-ring (bicyclic) bond motifs is 1. The summed E-state index contributed by atoms with van der Waals surface area (Å²) < 4.78 is 5.19. The van der Waals surface area contributed by atoms with Crippen LogP contribution in [0.25, 0.3) is 22.0 Å². The van der Waals surface area contributed by atoms with Gasteiger partial charge < -0.3 is 20.3 Å². The van der Waals surface area contributed by atoms with Crippen LogP contribution in [0.3, 0.4) is 0 Å². The van der Waals surface area contributed by atoms with Crippen LogP contribution >= 0.6 is 11.6 Å². The Balaban J connectivity index is 1.48. The number of carbonyl (C=O) groups is 2. The first-order valence-electron chi connectivity index (χ1n) is 12.5. The van der Waals surface area contributed by atoms with Crippen molar-refractivity contribution in [2.45, 2.75) is 37.8 Å². The SMILES string of the molecule is C=CC(=O)Nc1c(Cl)ccc2ccc(-c3cccc(C(=O)N[C@H]4CC[C@@H](N(C)CCOC)CC4)n3)cc12. The number of pyridine rings is 1. The molecule has 8 heteroatoms. The van der Waals surface area contributed by atoms with Crippen LogP contribution < -0.4 is 10.6 Å². The highest BCUT2D eigenvalue weighted by Crippen LogP contribution is 2.34. The molecule has 0 radical (unpaired) electrons. The topological polar surface area (TPSA) is 83.6 Å². The normalized spacial score (nSPS) is 17.5. The predicted octanol–water partition coefficient (Wildman–Crippen LogP) is 5.30. The van der Waals surface area contributed by atoms with Gasteiger partial charge in [-0.2, -0.15) is 0 Å². The van der Waals surface area contributed by atoms with E-state index in [1.165, 1.54) is 6.08 Å². The van der Waals surface area contributed by atoms with Gasteiger partial charge in [-0.15, -0.1) is 0 Å². The van der Waals surface area contributed by atoms with Crippen LogP contribution in [0.15, 0.2) is 61.2 Å². The number of rotatable bonds is 9. The third kappa shape index (κ3) is 6.55. The molecule has 1 aromatic heterocycles. The molecule has 4 rings (SSSR count). The zero-order valence-corrected chi connectivity index (χ0v) is 22.1. The molecule has 7 nitrogen and oxygen atoms in total. The van der Waals surface area contributed by atoms with E-state index in [4.69, 9.17) is 16.3 Å². The van der Waals surface area contributed by atoms with E-state index in [1.807, 2.05) is 36.4 Å². The fourth-order valence-electron chi connectivity index (χ4n) is 4.81.